The van der Waals surface area contributed by atoms with Gasteiger partial charge in [0.1, 0.15) is 0 Å². The standard InChI is InChI=1S/C23H19N.C23H18N.3C14H14N.CHF3O3S.2CH4O.2Ir/c2*1-16-8-9-20-13-21(11-10-19(20)12-16)22-14-23(24-15-17(22)2)18-6-4-3-5-7-18;3*1-10-4-6-13(7-5-10)14-8-11(2)12(3)9-15-14;2-1(3,4)8(5,6)7;2*1-2;;/h3-15H,1-2H3;3-6,8-15H,1-2H3;3*4-6,8-9H,1-3H3;(H,5,6,7);2*2H,1H3;;/q;4*-1;;;;;/i2*1D3,2D3;1D3,3D3;3D3;1D3;;;;;. The van der Waals surface area contributed by atoms with Gasteiger partial charge in [-0.25, -0.2) is 0 Å². The summed E-state index contributed by atoms with van der Waals surface area (Å²) in [6.07, 6.45) is 7.41. The Morgan fingerprint density at radius 3 is 1.04 bits per heavy atom. The largest absolute Gasteiger partial charge is 0.522 e. The molecule has 0 aliphatic carbocycles. The van der Waals surface area contributed by atoms with Crippen LogP contribution in [-0.2, 0) is 50.3 Å². The smallest absolute Gasteiger partial charge is 0.400 e. The third-order valence-corrected chi connectivity index (χ3v) is 16.1. The molecule has 5 heterocycles. The van der Waals surface area contributed by atoms with E-state index < -0.39 is 70.4 Å². The van der Waals surface area contributed by atoms with Crippen molar-refractivity contribution < 1.29 is 109 Å². The van der Waals surface area contributed by atoms with Gasteiger partial charge >= 0.3 is 15.6 Å². The fraction of sp³-hybridized carbons (Fsp3) is 0.176. The molecule has 9 aromatic carbocycles. The zero-order valence-corrected chi connectivity index (χ0v) is 64.3. The molecule has 0 fully saturated rings. The van der Waals surface area contributed by atoms with Crippen molar-refractivity contribution in [3.05, 3.63) is 340 Å². The average Bonchev–Trinajstić information content (AvgIpc) is 0.773. The molecule has 107 heavy (non-hydrogen) atoms. The molecule has 0 saturated heterocycles. The maximum atomic E-state index is 10.7. The minimum Gasteiger partial charge on any atom is -0.400 e. The second-order valence-corrected chi connectivity index (χ2v) is 24.4. The first-order valence-corrected chi connectivity index (χ1v) is 33.3. The van der Waals surface area contributed by atoms with Crippen LogP contribution in [0.15, 0.2) is 243 Å². The number of aliphatic hydroxyl groups excluding tert-OH is 2. The number of pyridine rings is 5. The number of fused-ring (bicyclic) bond motifs is 2. The predicted octanol–water partition coefficient (Wildman–Crippen LogP) is 22.2. The summed E-state index contributed by atoms with van der Waals surface area (Å²) in [5, 5.41) is 17.3. The van der Waals surface area contributed by atoms with Gasteiger partial charge in [-0.3, -0.25) is 9.54 Å². The SMILES string of the molecule is CO.CO.O=S(=O)(O)C(F)(F)F.[2H]C([2H])([2H])c1c[c-]c(-c2cc(C)c(C([2H])([2H])[2H])cn2)cc1.[2H]C([2H])([2H])c1c[c-]c(-c2cc(C)c(C)cn2)cc1.[2H]C([2H])([2H])c1ccc2cc(-c3cc(-c4[c-]cccc4)ncc3C([2H])([2H])[2H])ccc2c1.[2H]C([2H])([2H])c1ccc2cc(-c3cc(-c4ccccc4)ncc3C([2H])([2H])[2H])ccc2c1.[2H]C([2H])([2H])c1cnc(-c2[c-]cc(C)cc2)cc1C.[Ir].[Ir]. The molecular weight excluding hydrogens is 1720 g/mol. The molecule has 556 valence electrons. The Balaban J connectivity index is 0.000000284. The van der Waals surface area contributed by atoms with Crippen molar-refractivity contribution in [1.29, 1.82) is 0 Å². The number of hydrogen-bond donors (Lipinski definition) is 3. The number of nitrogens with zero attached hydrogens (tertiary/aromatic N) is 5. The summed E-state index contributed by atoms with van der Waals surface area (Å²) in [6.45, 7) is -7.97. The number of alkyl halides is 3. The fourth-order valence-electron chi connectivity index (χ4n) is 9.69. The number of aromatic nitrogens is 5. The molecule has 5 aromatic heterocycles. The third kappa shape index (κ3) is 25.7. The van der Waals surface area contributed by atoms with Gasteiger partial charge in [-0.2, -0.15) is 21.6 Å². The normalized spacial score (nSPS) is 14.7. The summed E-state index contributed by atoms with van der Waals surface area (Å²) in [5.41, 5.74) is 11.3. The Bertz CT molecular complexity index is 6060. The van der Waals surface area contributed by atoms with E-state index >= 15 is 0 Å². The zero-order valence-electron chi connectivity index (χ0n) is 82.7. The minimum absolute atomic E-state index is 0. The molecule has 0 saturated carbocycles. The van der Waals surface area contributed by atoms with Gasteiger partial charge in [-0.1, -0.05) is 164 Å². The Labute approximate surface area is 690 Å². The van der Waals surface area contributed by atoms with Crippen LogP contribution >= 0.6 is 0 Å². The van der Waals surface area contributed by atoms with Crippen LogP contribution in [0.25, 0.3) is 100 Å². The summed E-state index contributed by atoms with van der Waals surface area (Å²) in [4.78, 5) is 21.4. The van der Waals surface area contributed by atoms with E-state index in [0.717, 1.165) is 103 Å². The van der Waals surface area contributed by atoms with Gasteiger partial charge in [0.2, 0.25) is 0 Å². The number of aryl methyl sites for hydroxylation is 13. The van der Waals surface area contributed by atoms with Gasteiger partial charge in [-0.15, -0.1) is 142 Å². The van der Waals surface area contributed by atoms with Crippen molar-refractivity contribution in [2.24, 2.45) is 0 Å². The van der Waals surface area contributed by atoms with Crippen molar-refractivity contribution in [3.8, 4) is 78.5 Å². The quantitative estimate of drug-likeness (QED) is 0.0796. The Morgan fingerprint density at radius 2 is 0.673 bits per heavy atom. The summed E-state index contributed by atoms with van der Waals surface area (Å²) in [7, 11) is -3.84. The molecule has 0 spiro atoms. The molecule has 14 aromatic rings. The van der Waals surface area contributed by atoms with E-state index in [1.807, 2.05) is 136 Å². The van der Waals surface area contributed by atoms with Crippen molar-refractivity contribution in [2.75, 3.05) is 14.2 Å². The van der Waals surface area contributed by atoms with Gasteiger partial charge in [0.25, 0.3) is 0 Å². The molecule has 2 radical (unpaired) electrons. The molecule has 16 heteroatoms. The van der Waals surface area contributed by atoms with E-state index in [2.05, 4.69) is 49.2 Å². The van der Waals surface area contributed by atoms with Crippen LogP contribution in [0.2, 0.25) is 0 Å². The molecule has 14 rings (SSSR count). The second kappa shape index (κ2) is 41.9. The van der Waals surface area contributed by atoms with Crippen molar-refractivity contribution in [2.45, 2.75) is 94.9 Å². The van der Waals surface area contributed by atoms with E-state index in [9.17, 15) is 13.2 Å². The molecule has 3 N–H and O–H groups in total. The van der Waals surface area contributed by atoms with Crippen LogP contribution in [0, 0.1) is 114 Å². The predicted molar refractivity (Wildman–Crippen MR) is 425 cm³/mol. The maximum Gasteiger partial charge on any atom is 0.522 e. The molecule has 0 amide bonds. The molecule has 0 atom stereocenters. The Hall–Kier alpha value is -9.83. The van der Waals surface area contributed by atoms with Crippen LogP contribution in [0.5, 0.6) is 0 Å². The van der Waals surface area contributed by atoms with Gasteiger partial charge in [0, 0.05) is 124 Å². The van der Waals surface area contributed by atoms with Crippen molar-refractivity contribution >= 4 is 31.7 Å². The van der Waals surface area contributed by atoms with Gasteiger partial charge in [0.15, 0.2) is 0 Å². The second-order valence-electron chi connectivity index (χ2n) is 23.0. The molecule has 0 bridgehead atoms. The topological polar surface area (TPSA) is 159 Å². The van der Waals surface area contributed by atoms with Crippen LogP contribution in [0.4, 0.5) is 13.2 Å². The van der Waals surface area contributed by atoms with Crippen LogP contribution in [0.1, 0.15) is 105 Å². The minimum atomic E-state index is -5.84. The van der Waals surface area contributed by atoms with E-state index in [1.165, 1.54) is 43.0 Å². The average molecular weight is 1830 g/mol. The van der Waals surface area contributed by atoms with Crippen molar-refractivity contribution in [3.63, 3.8) is 0 Å². The van der Waals surface area contributed by atoms with E-state index in [-0.39, 0.29) is 73.6 Å². The Morgan fingerprint density at radius 1 is 0.336 bits per heavy atom. The molecular formula is C91H88F3Ir2N5O5S-4. The number of benzene rings is 9. The van der Waals surface area contributed by atoms with Crippen LogP contribution in [-0.4, -0.2) is 67.8 Å². The summed E-state index contributed by atoms with van der Waals surface area (Å²) < 4.78 is 239. The fourth-order valence-corrected chi connectivity index (χ4v) is 9.69. The first-order chi connectivity index (χ1) is 59.8. The number of rotatable bonds is 7. The number of hydrogen-bond acceptors (Lipinski definition) is 9. The Kier molecular flexibility index (Phi) is 22.5. The first kappa shape index (κ1) is 57.4. The molecule has 0 aliphatic heterocycles. The maximum absolute atomic E-state index is 10.7. The van der Waals surface area contributed by atoms with E-state index in [4.69, 9.17) is 56.1 Å². The van der Waals surface area contributed by atoms with Gasteiger partial charge in [0.05, 0.1) is 5.69 Å². The number of aliphatic hydroxyl groups is 2. The third-order valence-electron chi connectivity index (χ3n) is 15.5. The molecule has 0 aliphatic rings. The first-order valence-electron chi connectivity index (χ1n) is 43.8. The van der Waals surface area contributed by atoms with Gasteiger partial charge < -0.3 is 30.1 Å². The molecule has 0 unspecified atom stereocenters. The summed E-state index contributed by atoms with van der Waals surface area (Å²) in [5.74, 6) is 0. The van der Waals surface area contributed by atoms with Gasteiger partial charge in [-0.05, 0) is 181 Å². The number of halogens is 3. The zero-order chi connectivity index (χ0) is 96.5. The van der Waals surface area contributed by atoms with E-state index in [1.54, 1.807) is 98.8 Å². The summed E-state index contributed by atoms with van der Waals surface area (Å²) in [6, 6.07) is 74.4. The van der Waals surface area contributed by atoms with Crippen molar-refractivity contribution in [1.82, 2.24) is 24.9 Å². The van der Waals surface area contributed by atoms with Crippen LogP contribution < -0.4 is 0 Å². The molecule has 10 nitrogen and oxygen atoms in total. The van der Waals surface area contributed by atoms with E-state index in [0.29, 0.717) is 50.5 Å². The summed E-state index contributed by atoms with van der Waals surface area (Å²) >= 11 is 0. The van der Waals surface area contributed by atoms with Crippen LogP contribution in [0.3, 0.4) is 0 Å². The monoisotopic (exact) mass is 1830 g/mol.